The monoisotopic (exact) mass is 543 g/mol. The van der Waals surface area contributed by atoms with Crippen LogP contribution < -0.4 is 16.0 Å². The number of esters is 1. The van der Waals surface area contributed by atoms with Crippen LogP contribution in [0.4, 0.5) is 5.82 Å². The molecule has 0 aliphatic heterocycles. The zero-order valence-corrected chi connectivity index (χ0v) is 23.1. The topological polar surface area (TPSA) is 157 Å². The van der Waals surface area contributed by atoms with Crippen molar-refractivity contribution in [3.63, 3.8) is 0 Å². The number of imidazole rings is 1. The molecule has 1 atom stereocenters. The summed E-state index contributed by atoms with van der Waals surface area (Å²) in [6, 6.07) is 19.2. The van der Waals surface area contributed by atoms with Crippen LogP contribution in [0.2, 0.25) is 0 Å². The fraction of sp³-hybridized carbons (Fsp3) is 0.308. The molecule has 1 unspecified atom stereocenters. The Morgan fingerprint density at radius 2 is 1.63 bits per heavy atom. The standard InChI is InChI=1S/C14H15N5O3P.C7H8.C3H7NO2.C2H6/c15-13-12-14(17-8-16-13)19(9-18-12)6-7-21-10-23(20)22-11-4-2-1-3-5-11;1-7-5-3-2-4-6-7;1-6-3(5)2-4;1-2/h1-5,8-9H,6-7,10H2,(H2,15,16,17);2-6H,1H3;2,4H2,1H3;1-2H3/q+1;;;. The zero-order chi connectivity index (χ0) is 28.2. The van der Waals surface area contributed by atoms with Gasteiger partial charge in [-0.1, -0.05) is 67.9 Å². The molecule has 4 rings (SSSR count). The number of nitrogens with two attached hydrogens (primary N) is 2. The number of nitrogens with zero attached hydrogens (tertiary/aromatic N) is 4. The van der Waals surface area contributed by atoms with Crippen molar-refractivity contribution in [3.8, 4) is 5.75 Å². The van der Waals surface area contributed by atoms with Crippen LogP contribution in [0.3, 0.4) is 0 Å². The lowest BCUT2D eigenvalue weighted by Crippen LogP contribution is -2.14. The van der Waals surface area contributed by atoms with Crippen molar-refractivity contribution in [3.05, 3.63) is 78.9 Å². The van der Waals surface area contributed by atoms with Crippen LogP contribution >= 0.6 is 8.03 Å². The molecule has 0 saturated carbocycles. The van der Waals surface area contributed by atoms with Crippen LogP contribution in [-0.2, 0) is 25.4 Å². The van der Waals surface area contributed by atoms with Gasteiger partial charge in [-0.25, -0.2) is 15.0 Å². The minimum atomic E-state index is -1.91. The smallest absolute Gasteiger partial charge is 0.468 e. The molecule has 204 valence electrons. The van der Waals surface area contributed by atoms with E-state index in [1.165, 1.54) is 19.0 Å². The molecule has 0 saturated heterocycles. The average Bonchev–Trinajstić information content (AvgIpc) is 3.38. The maximum Gasteiger partial charge on any atom is 0.585 e. The number of para-hydroxylation sites is 1. The summed E-state index contributed by atoms with van der Waals surface area (Å²) >= 11 is 0. The van der Waals surface area contributed by atoms with Crippen LogP contribution in [0.25, 0.3) is 11.2 Å². The minimum Gasteiger partial charge on any atom is -0.468 e. The predicted octanol–water partition coefficient (Wildman–Crippen LogP) is 4.34. The van der Waals surface area contributed by atoms with Crippen molar-refractivity contribution >= 4 is 31.0 Å². The number of anilines is 1. The Morgan fingerprint density at radius 3 is 2.16 bits per heavy atom. The highest BCUT2D eigenvalue weighted by molar-refractivity contribution is 7.39. The van der Waals surface area contributed by atoms with Gasteiger partial charge in [-0.3, -0.25) is 9.32 Å². The summed E-state index contributed by atoms with van der Waals surface area (Å²) in [5.41, 5.74) is 13.1. The predicted molar refractivity (Wildman–Crippen MR) is 149 cm³/mol. The number of carbonyl (C=O) groups excluding carboxylic acids is 1. The van der Waals surface area contributed by atoms with Gasteiger partial charge >= 0.3 is 14.0 Å². The van der Waals surface area contributed by atoms with Gasteiger partial charge in [0.15, 0.2) is 17.2 Å². The third kappa shape index (κ3) is 12.4. The molecule has 0 aliphatic rings. The number of rotatable bonds is 8. The molecule has 0 spiro atoms. The highest BCUT2D eigenvalue weighted by Crippen LogP contribution is 2.26. The van der Waals surface area contributed by atoms with E-state index < -0.39 is 8.03 Å². The highest BCUT2D eigenvalue weighted by Gasteiger charge is 2.19. The molecule has 4 N–H and O–H groups in total. The second kappa shape index (κ2) is 19.2. The second-order valence-electron chi connectivity index (χ2n) is 7.08. The van der Waals surface area contributed by atoms with E-state index in [1.54, 1.807) is 23.0 Å². The number of carbonyl (C=O) groups is 1. The fourth-order valence-corrected chi connectivity index (χ4v) is 3.30. The number of hydrogen-bond acceptors (Lipinski definition) is 10. The summed E-state index contributed by atoms with van der Waals surface area (Å²) in [6.45, 7) is 6.92. The highest BCUT2D eigenvalue weighted by atomic mass is 31.1. The molecule has 12 heteroatoms. The van der Waals surface area contributed by atoms with Gasteiger partial charge in [0, 0.05) is 6.54 Å². The van der Waals surface area contributed by atoms with Gasteiger partial charge in [0.05, 0.1) is 26.6 Å². The third-order valence-corrected chi connectivity index (χ3v) is 5.20. The van der Waals surface area contributed by atoms with Crippen molar-refractivity contribution < 1.29 is 23.4 Å². The number of methoxy groups -OCH3 is 1. The maximum atomic E-state index is 11.8. The van der Waals surface area contributed by atoms with Crippen molar-refractivity contribution in [2.75, 3.05) is 32.3 Å². The molecule has 2 heterocycles. The van der Waals surface area contributed by atoms with Crippen LogP contribution in [0, 0.1) is 6.92 Å². The summed E-state index contributed by atoms with van der Waals surface area (Å²) in [6.07, 6.45) is 3.04. The Hall–Kier alpha value is -3.92. The van der Waals surface area contributed by atoms with Crippen LogP contribution in [0.1, 0.15) is 19.4 Å². The number of aromatic nitrogens is 4. The lowest BCUT2D eigenvalue weighted by Gasteiger charge is -2.02. The molecule has 0 radical (unpaired) electrons. The van der Waals surface area contributed by atoms with E-state index in [0.717, 1.165) is 0 Å². The van der Waals surface area contributed by atoms with Crippen LogP contribution in [-0.4, -0.2) is 52.1 Å². The van der Waals surface area contributed by atoms with Crippen LogP contribution in [0.15, 0.2) is 73.3 Å². The molecule has 0 amide bonds. The molecule has 11 nitrogen and oxygen atoms in total. The molecule has 38 heavy (non-hydrogen) atoms. The SMILES string of the molecule is CC.COC(=O)CN.Cc1ccccc1.Nc1ncnc2c1ncn2CCOC[P+](=O)Oc1ccccc1. The first-order chi connectivity index (χ1) is 18.4. The number of fused-ring (bicyclic) bond motifs is 1. The van der Waals surface area contributed by atoms with E-state index in [1.807, 2.05) is 50.2 Å². The molecular formula is C26H36N6O5P+. The van der Waals surface area contributed by atoms with Gasteiger partial charge < -0.3 is 25.5 Å². The van der Waals surface area contributed by atoms with Crippen molar-refractivity contribution in [1.29, 1.82) is 0 Å². The molecular weight excluding hydrogens is 507 g/mol. The van der Waals surface area contributed by atoms with Gasteiger partial charge in [0.25, 0.3) is 6.35 Å². The zero-order valence-electron chi connectivity index (χ0n) is 22.2. The van der Waals surface area contributed by atoms with Crippen molar-refractivity contribution in [1.82, 2.24) is 19.5 Å². The van der Waals surface area contributed by atoms with Gasteiger partial charge in [-0.2, -0.15) is 0 Å². The molecule has 0 fully saturated rings. The van der Waals surface area contributed by atoms with Gasteiger partial charge in [-0.05, 0) is 23.6 Å². The summed E-state index contributed by atoms with van der Waals surface area (Å²) in [5, 5.41) is 0. The number of hydrogen-bond donors (Lipinski definition) is 2. The number of aryl methyl sites for hydroxylation is 1. The largest absolute Gasteiger partial charge is 0.585 e. The van der Waals surface area contributed by atoms with Gasteiger partial charge in [-0.15, -0.1) is 0 Å². The Morgan fingerprint density at radius 1 is 1.00 bits per heavy atom. The number of benzene rings is 2. The van der Waals surface area contributed by atoms with Gasteiger partial charge in [0.1, 0.15) is 11.8 Å². The molecule has 2 aromatic heterocycles. The summed E-state index contributed by atoms with van der Waals surface area (Å²) in [5.74, 6) is 0.522. The average molecular weight is 544 g/mol. The van der Waals surface area contributed by atoms with Crippen molar-refractivity contribution in [2.24, 2.45) is 5.73 Å². The molecule has 2 aromatic carbocycles. The van der Waals surface area contributed by atoms with Gasteiger partial charge in [0.2, 0.25) is 0 Å². The first-order valence-electron chi connectivity index (χ1n) is 11.9. The van der Waals surface area contributed by atoms with E-state index in [9.17, 15) is 9.36 Å². The fourth-order valence-electron chi connectivity index (χ4n) is 2.61. The number of ether oxygens (including phenoxy) is 2. The normalized spacial score (nSPS) is 9.97. The molecule has 0 aliphatic carbocycles. The summed E-state index contributed by atoms with van der Waals surface area (Å²) < 4.78 is 28.4. The van der Waals surface area contributed by atoms with E-state index in [-0.39, 0.29) is 18.9 Å². The quantitative estimate of drug-likeness (QED) is 0.186. The second-order valence-corrected chi connectivity index (χ2v) is 8.18. The van der Waals surface area contributed by atoms with E-state index in [0.29, 0.717) is 35.9 Å². The number of nitrogen functional groups attached to an aromatic ring is 1. The third-order valence-electron chi connectivity index (χ3n) is 4.39. The maximum absolute atomic E-state index is 11.8. The van der Waals surface area contributed by atoms with E-state index in [4.69, 9.17) is 20.7 Å². The van der Waals surface area contributed by atoms with E-state index in [2.05, 4.69) is 38.7 Å². The molecule has 0 bridgehead atoms. The van der Waals surface area contributed by atoms with Crippen LogP contribution in [0.5, 0.6) is 5.75 Å². The molecule has 4 aromatic rings. The Bertz CT molecular complexity index is 1200. The first kappa shape index (κ1) is 32.1. The Kier molecular flexibility index (Phi) is 16.2. The Balaban J connectivity index is 0.000000395. The lowest BCUT2D eigenvalue weighted by atomic mass is 10.2. The van der Waals surface area contributed by atoms with E-state index >= 15 is 0 Å². The lowest BCUT2D eigenvalue weighted by molar-refractivity contribution is -0.138. The minimum absolute atomic E-state index is 0.0218. The Labute approximate surface area is 224 Å². The summed E-state index contributed by atoms with van der Waals surface area (Å²) in [4.78, 5) is 22.0. The first-order valence-corrected chi connectivity index (χ1v) is 13.3. The summed E-state index contributed by atoms with van der Waals surface area (Å²) in [7, 11) is -0.608. The van der Waals surface area contributed by atoms with Crippen molar-refractivity contribution in [2.45, 2.75) is 27.3 Å².